The molecular formula is C14H23N3O4S. The molecule has 1 atom stereocenters. The molecule has 0 spiro atoms. The van der Waals surface area contributed by atoms with Crippen LogP contribution in [-0.2, 0) is 16.4 Å². The summed E-state index contributed by atoms with van der Waals surface area (Å²) in [6.07, 6.45) is 2.79. The Morgan fingerprint density at radius 1 is 1.45 bits per heavy atom. The van der Waals surface area contributed by atoms with Crippen LogP contribution in [0, 0.1) is 0 Å². The number of sulfone groups is 1. The van der Waals surface area contributed by atoms with Crippen molar-refractivity contribution in [2.45, 2.75) is 26.4 Å². The average Bonchev–Trinajstić information content (AvgIpc) is 2.44. The molecule has 0 aromatic carbocycles. The van der Waals surface area contributed by atoms with Crippen molar-refractivity contribution in [2.75, 3.05) is 25.7 Å². The normalized spacial score (nSPS) is 12.5. The molecular weight excluding hydrogens is 306 g/mol. The van der Waals surface area contributed by atoms with Crippen molar-refractivity contribution in [1.82, 2.24) is 15.2 Å². The van der Waals surface area contributed by atoms with Gasteiger partial charge in [-0.15, -0.1) is 0 Å². The molecule has 1 N–H and O–H groups in total. The third-order valence-corrected chi connectivity index (χ3v) is 4.22. The molecule has 1 aromatic rings. The van der Waals surface area contributed by atoms with Crippen molar-refractivity contribution in [3.05, 3.63) is 23.9 Å². The van der Waals surface area contributed by atoms with Crippen molar-refractivity contribution >= 4 is 15.9 Å². The molecule has 0 radical (unpaired) electrons. The highest BCUT2D eigenvalue weighted by molar-refractivity contribution is 7.90. The van der Waals surface area contributed by atoms with Crippen molar-refractivity contribution in [3.63, 3.8) is 0 Å². The lowest BCUT2D eigenvalue weighted by Crippen LogP contribution is -2.47. The number of nitrogens with zero attached hydrogens (tertiary/aromatic N) is 2. The molecule has 8 heteroatoms. The molecule has 2 amide bonds. The summed E-state index contributed by atoms with van der Waals surface area (Å²) >= 11 is 0. The largest absolute Gasteiger partial charge is 0.481 e. The maximum atomic E-state index is 12.2. The lowest BCUT2D eigenvalue weighted by Gasteiger charge is -2.27. The Hall–Kier alpha value is -1.83. The summed E-state index contributed by atoms with van der Waals surface area (Å²) in [4.78, 5) is 17.7. The number of urea groups is 1. The van der Waals surface area contributed by atoms with E-state index in [0.29, 0.717) is 19.0 Å². The van der Waals surface area contributed by atoms with Gasteiger partial charge in [0, 0.05) is 37.7 Å². The van der Waals surface area contributed by atoms with Gasteiger partial charge in [0.2, 0.25) is 5.88 Å². The fourth-order valence-corrected chi connectivity index (χ4v) is 3.16. The fourth-order valence-electron chi connectivity index (χ4n) is 2.10. The highest BCUT2D eigenvalue weighted by atomic mass is 32.2. The number of methoxy groups -OCH3 is 1. The van der Waals surface area contributed by atoms with Gasteiger partial charge in [0.1, 0.15) is 9.84 Å². The van der Waals surface area contributed by atoms with Gasteiger partial charge in [-0.25, -0.2) is 18.2 Å². The first-order valence-corrected chi connectivity index (χ1v) is 9.04. The predicted molar refractivity (Wildman–Crippen MR) is 84.6 cm³/mol. The maximum Gasteiger partial charge on any atom is 0.317 e. The highest BCUT2D eigenvalue weighted by Gasteiger charge is 2.21. The van der Waals surface area contributed by atoms with Gasteiger partial charge in [-0.3, -0.25) is 0 Å². The number of ether oxygens (including phenoxy) is 1. The summed E-state index contributed by atoms with van der Waals surface area (Å²) in [6, 6.07) is 2.84. The molecule has 1 aromatic heterocycles. The van der Waals surface area contributed by atoms with Crippen LogP contribution in [0.3, 0.4) is 0 Å². The molecule has 1 rings (SSSR count). The van der Waals surface area contributed by atoms with Crippen molar-refractivity contribution in [2.24, 2.45) is 0 Å². The number of aromatic nitrogens is 1. The second-order valence-corrected chi connectivity index (χ2v) is 7.28. The molecule has 0 fully saturated rings. The fraction of sp³-hybridized carbons (Fsp3) is 0.571. The number of hydrogen-bond acceptors (Lipinski definition) is 5. The summed E-state index contributed by atoms with van der Waals surface area (Å²) in [7, 11) is -1.60. The van der Waals surface area contributed by atoms with Crippen LogP contribution in [0.1, 0.15) is 19.4 Å². The summed E-state index contributed by atoms with van der Waals surface area (Å²) in [5, 5.41) is 2.77. The van der Waals surface area contributed by atoms with Crippen LogP contribution >= 0.6 is 0 Å². The monoisotopic (exact) mass is 329 g/mol. The Morgan fingerprint density at radius 3 is 2.59 bits per heavy atom. The molecule has 0 saturated heterocycles. The van der Waals surface area contributed by atoms with Gasteiger partial charge in [-0.1, -0.05) is 6.07 Å². The molecule has 0 saturated carbocycles. The molecule has 22 heavy (non-hydrogen) atoms. The van der Waals surface area contributed by atoms with E-state index in [2.05, 4.69) is 10.3 Å². The van der Waals surface area contributed by atoms with Gasteiger partial charge in [0.05, 0.1) is 12.9 Å². The zero-order valence-electron chi connectivity index (χ0n) is 13.4. The second-order valence-electron chi connectivity index (χ2n) is 5.09. The van der Waals surface area contributed by atoms with Gasteiger partial charge in [0.25, 0.3) is 0 Å². The van der Waals surface area contributed by atoms with Gasteiger partial charge in [-0.05, 0) is 19.4 Å². The Bertz CT molecular complexity index is 587. The lowest BCUT2D eigenvalue weighted by atomic mass is 10.3. The van der Waals surface area contributed by atoms with E-state index in [1.165, 1.54) is 12.0 Å². The van der Waals surface area contributed by atoms with E-state index in [1.807, 2.05) is 13.0 Å². The summed E-state index contributed by atoms with van der Waals surface area (Å²) < 4.78 is 27.7. The van der Waals surface area contributed by atoms with E-state index in [4.69, 9.17) is 4.74 Å². The zero-order valence-corrected chi connectivity index (χ0v) is 14.2. The van der Waals surface area contributed by atoms with E-state index >= 15 is 0 Å². The van der Waals surface area contributed by atoms with Crippen LogP contribution in [-0.4, -0.2) is 56.0 Å². The Morgan fingerprint density at radius 2 is 2.14 bits per heavy atom. The topological polar surface area (TPSA) is 88.6 Å². The van der Waals surface area contributed by atoms with E-state index in [-0.39, 0.29) is 17.8 Å². The van der Waals surface area contributed by atoms with Crippen LogP contribution in [0.2, 0.25) is 0 Å². The standard InChI is InChI=1S/C14H23N3O4S/c1-5-17(11(2)10-22(4,19)20)14(18)16-9-12-6-7-13(21-3)15-8-12/h6-8,11H,5,9-10H2,1-4H3,(H,16,18). The van der Waals surface area contributed by atoms with Crippen molar-refractivity contribution in [1.29, 1.82) is 0 Å². The lowest BCUT2D eigenvalue weighted by molar-refractivity contribution is 0.187. The van der Waals surface area contributed by atoms with Gasteiger partial charge < -0.3 is 15.0 Å². The van der Waals surface area contributed by atoms with Crippen LogP contribution in [0.15, 0.2) is 18.3 Å². The van der Waals surface area contributed by atoms with Crippen LogP contribution in [0.4, 0.5) is 4.79 Å². The number of pyridine rings is 1. The van der Waals surface area contributed by atoms with E-state index < -0.39 is 9.84 Å². The van der Waals surface area contributed by atoms with Gasteiger partial charge in [-0.2, -0.15) is 0 Å². The molecule has 7 nitrogen and oxygen atoms in total. The first-order chi connectivity index (χ1) is 10.3. The molecule has 124 valence electrons. The zero-order chi connectivity index (χ0) is 16.8. The average molecular weight is 329 g/mol. The third-order valence-electron chi connectivity index (χ3n) is 3.13. The molecule has 1 unspecified atom stereocenters. The molecule has 0 aliphatic carbocycles. The maximum absolute atomic E-state index is 12.2. The first-order valence-electron chi connectivity index (χ1n) is 6.98. The van der Waals surface area contributed by atoms with Gasteiger partial charge >= 0.3 is 6.03 Å². The highest BCUT2D eigenvalue weighted by Crippen LogP contribution is 2.07. The number of rotatable bonds is 7. The minimum Gasteiger partial charge on any atom is -0.481 e. The number of hydrogen-bond donors (Lipinski definition) is 1. The number of amides is 2. The SMILES string of the molecule is CCN(C(=O)NCc1ccc(OC)nc1)C(C)CS(C)(=O)=O. The van der Waals surface area contributed by atoms with E-state index in [9.17, 15) is 13.2 Å². The van der Waals surface area contributed by atoms with Crippen LogP contribution < -0.4 is 10.1 Å². The van der Waals surface area contributed by atoms with E-state index in [0.717, 1.165) is 11.8 Å². The number of carbonyl (C=O) groups excluding carboxylic acids is 1. The van der Waals surface area contributed by atoms with E-state index in [1.54, 1.807) is 19.2 Å². The number of carbonyl (C=O) groups is 1. The van der Waals surface area contributed by atoms with Gasteiger partial charge in [0.15, 0.2) is 0 Å². The molecule has 1 heterocycles. The Kier molecular flexibility index (Phi) is 6.61. The predicted octanol–water partition coefficient (Wildman–Crippen LogP) is 1.05. The first kappa shape index (κ1) is 18.2. The Labute approximate surface area is 131 Å². The molecule has 0 bridgehead atoms. The third kappa shape index (κ3) is 5.88. The minimum atomic E-state index is -3.13. The quantitative estimate of drug-likeness (QED) is 0.808. The summed E-state index contributed by atoms with van der Waals surface area (Å²) in [5.41, 5.74) is 0.834. The number of nitrogens with one attached hydrogen (secondary N) is 1. The summed E-state index contributed by atoms with van der Waals surface area (Å²) in [6.45, 7) is 4.29. The molecule has 0 aliphatic heterocycles. The van der Waals surface area contributed by atoms with Crippen molar-refractivity contribution < 1.29 is 17.9 Å². The van der Waals surface area contributed by atoms with Crippen LogP contribution in [0.5, 0.6) is 5.88 Å². The minimum absolute atomic E-state index is 0.0572. The smallest absolute Gasteiger partial charge is 0.317 e. The molecule has 0 aliphatic rings. The Balaban J connectivity index is 2.60. The van der Waals surface area contributed by atoms with Crippen molar-refractivity contribution in [3.8, 4) is 5.88 Å². The summed E-state index contributed by atoms with van der Waals surface area (Å²) in [5.74, 6) is 0.449. The second kappa shape index (κ2) is 7.98. The van der Waals surface area contributed by atoms with Crippen LogP contribution in [0.25, 0.3) is 0 Å².